The van der Waals surface area contributed by atoms with Gasteiger partial charge in [-0.05, 0) is 55.7 Å². The molecule has 1 aromatic rings. The largest absolute Gasteiger partial charge is 0.0888 e. The zero-order chi connectivity index (χ0) is 10.7. The van der Waals surface area contributed by atoms with E-state index in [0.717, 1.165) is 15.8 Å². The summed E-state index contributed by atoms with van der Waals surface area (Å²) in [6.45, 7) is 0. The fourth-order valence-electron chi connectivity index (χ4n) is 1.85. The lowest BCUT2D eigenvalue weighted by Crippen LogP contribution is -2.00. The van der Waals surface area contributed by atoms with Gasteiger partial charge in [0.2, 0.25) is 0 Å². The maximum atomic E-state index is 5.84. The number of rotatable bonds is 5. The van der Waals surface area contributed by atoms with Gasteiger partial charge >= 0.3 is 0 Å². The summed E-state index contributed by atoms with van der Waals surface area (Å²) in [5, 5.41) is 0.829. The summed E-state index contributed by atoms with van der Waals surface area (Å²) in [6.07, 6.45) is 6.60. The number of halogens is 2. The molecule has 1 atom stereocenters. The van der Waals surface area contributed by atoms with E-state index in [2.05, 4.69) is 28.1 Å². The molecule has 0 aliphatic heterocycles. The first-order valence-electron chi connectivity index (χ1n) is 5.64. The Morgan fingerprint density at radius 1 is 1.27 bits per heavy atom. The van der Waals surface area contributed by atoms with Crippen LogP contribution in [-0.2, 0) is 6.42 Å². The molecule has 1 fully saturated rings. The van der Waals surface area contributed by atoms with E-state index in [-0.39, 0.29) is 0 Å². The van der Waals surface area contributed by atoms with Crippen LogP contribution in [0.4, 0.5) is 0 Å². The van der Waals surface area contributed by atoms with Gasteiger partial charge in [0.25, 0.3) is 0 Å². The number of alkyl halides is 1. The highest BCUT2D eigenvalue weighted by Crippen LogP contribution is 2.38. The van der Waals surface area contributed by atoms with E-state index in [9.17, 15) is 0 Å². The molecular formula is C13H16BrCl. The van der Waals surface area contributed by atoms with Crippen LogP contribution in [0.5, 0.6) is 0 Å². The van der Waals surface area contributed by atoms with Crippen LogP contribution in [0.2, 0.25) is 5.02 Å². The Balaban J connectivity index is 1.70. The van der Waals surface area contributed by atoms with Crippen molar-refractivity contribution >= 4 is 27.5 Å². The Morgan fingerprint density at radius 2 is 1.93 bits per heavy atom. The molecule has 1 unspecified atom stereocenters. The van der Waals surface area contributed by atoms with Gasteiger partial charge in [0.1, 0.15) is 0 Å². The van der Waals surface area contributed by atoms with Crippen molar-refractivity contribution < 1.29 is 0 Å². The maximum absolute atomic E-state index is 5.84. The van der Waals surface area contributed by atoms with Crippen molar-refractivity contribution in [2.75, 3.05) is 0 Å². The lowest BCUT2D eigenvalue weighted by atomic mass is 10.1. The molecule has 0 spiro atoms. The Kier molecular flexibility index (Phi) is 4.10. The highest BCUT2D eigenvalue weighted by molar-refractivity contribution is 9.09. The van der Waals surface area contributed by atoms with Crippen LogP contribution in [0.15, 0.2) is 24.3 Å². The molecule has 0 radical (unpaired) electrons. The molecule has 0 saturated heterocycles. The average Bonchev–Trinajstić information content (AvgIpc) is 3.04. The highest BCUT2D eigenvalue weighted by Gasteiger charge is 2.28. The first-order chi connectivity index (χ1) is 7.25. The first kappa shape index (κ1) is 11.5. The summed E-state index contributed by atoms with van der Waals surface area (Å²) >= 11 is 9.61. The first-order valence-corrected chi connectivity index (χ1v) is 6.93. The van der Waals surface area contributed by atoms with Crippen molar-refractivity contribution in [3.8, 4) is 0 Å². The summed E-state index contributed by atoms with van der Waals surface area (Å²) in [7, 11) is 0. The molecule has 2 heteroatoms. The molecule has 0 bridgehead atoms. The van der Waals surface area contributed by atoms with E-state index in [1.165, 1.54) is 37.7 Å². The molecule has 2 rings (SSSR count). The van der Waals surface area contributed by atoms with Crippen molar-refractivity contribution in [2.24, 2.45) is 5.92 Å². The molecule has 0 aromatic heterocycles. The van der Waals surface area contributed by atoms with Gasteiger partial charge in [0, 0.05) is 9.85 Å². The standard InChI is InChI=1S/C13H16BrCl/c14-13(11-6-7-11)3-1-2-10-4-8-12(15)9-5-10/h4-5,8-9,11,13H,1-3,6-7H2. The van der Waals surface area contributed by atoms with Gasteiger partial charge < -0.3 is 0 Å². The average molecular weight is 288 g/mol. The Morgan fingerprint density at radius 3 is 2.53 bits per heavy atom. The van der Waals surface area contributed by atoms with Crippen LogP contribution < -0.4 is 0 Å². The van der Waals surface area contributed by atoms with Crippen molar-refractivity contribution in [2.45, 2.75) is 36.9 Å². The van der Waals surface area contributed by atoms with Gasteiger partial charge in [-0.25, -0.2) is 0 Å². The SMILES string of the molecule is Clc1ccc(CCCC(Br)C2CC2)cc1. The van der Waals surface area contributed by atoms with E-state index in [1.807, 2.05) is 12.1 Å². The van der Waals surface area contributed by atoms with Crippen LogP contribution in [0.1, 0.15) is 31.2 Å². The van der Waals surface area contributed by atoms with Crippen molar-refractivity contribution in [3.63, 3.8) is 0 Å². The predicted octanol–water partition coefficient (Wildman–Crippen LogP) is 4.84. The number of hydrogen-bond acceptors (Lipinski definition) is 0. The summed E-state index contributed by atoms with van der Waals surface area (Å²) in [5.74, 6) is 0.968. The molecule has 1 saturated carbocycles. The Labute approximate surface area is 105 Å². The molecule has 0 N–H and O–H groups in total. The summed E-state index contributed by atoms with van der Waals surface area (Å²) in [6, 6.07) is 8.21. The number of benzene rings is 1. The summed E-state index contributed by atoms with van der Waals surface area (Å²) in [5.41, 5.74) is 1.40. The van der Waals surface area contributed by atoms with Gasteiger partial charge in [-0.1, -0.05) is 39.7 Å². The summed E-state index contributed by atoms with van der Waals surface area (Å²) in [4.78, 5) is 0.754. The lowest BCUT2D eigenvalue weighted by Gasteiger charge is -2.07. The smallest absolute Gasteiger partial charge is 0.0406 e. The second kappa shape index (κ2) is 5.36. The molecule has 0 amide bonds. The zero-order valence-electron chi connectivity index (χ0n) is 8.76. The molecule has 1 aliphatic carbocycles. The molecule has 0 heterocycles. The van der Waals surface area contributed by atoms with Crippen LogP contribution in [0.3, 0.4) is 0 Å². The number of aryl methyl sites for hydroxylation is 1. The van der Waals surface area contributed by atoms with Crippen molar-refractivity contribution in [3.05, 3.63) is 34.9 Å². The minimum absolute atomic E-state index is 0.754. The zero-order valence-corrected chi connectivity index (χ0v) is 11.1. The highest BCUT2D eigenvalue weighted by atomic mass is 79.9. The number of hydrogen-bond donors (Lipinski definition) is 0. The Bertz CT molecular complexity index is 303. The molecular weight excluding hydrogens is 272 g/mol. The van der Waals surface area contributed by atoms with Gasteiger partial charge in [-0.15, -0.1) is 0 Å². The van der Waals surface area contributed by atoms with Crippen LogP contribution in [0, 0.1) is 5.92 Å². The van der Waals surface area contributed by atoms with Crippen LogP contribution in [0.25, 0.3) is 0 Å². The second-order valence-electron chi connectivity index (χ2n) is 4.37. The normalized spacial score (nSPS) is 17.7. The quantitative estimate of drug-likeness (QED) is 0.680. The van der Waals surface area contributed by atoms with Gasteiger partial charge in [0.15, 0.2) is 0 Å². The molecule has 1 aliphatic rings. The molecule has 1 aromatic carbocycles. The lowest BCUT2D eigenvalue weighted by molar-refractivity contribution is 0.654. The molecule has 82 valence electrons. The molecule has 15 heavy (non-hydrogen) atoms. The Hall–Kier alpha value is -0.0100. The summed E-state index contributed by atoms with van der Waals surface area (Å²) < 4.78 is 0. The van der Waals surface area contributed by atoms with E-state index in [1.54, 1.807) is 0 Å². The third-order valence-electron chi connectivity index (χ3n) is 2.99. The van der Waals surface area contributed by atoms with E-state index in [0.29, 0.717) is 0 Å². The third kappa shape index (κ3) is 3.81. The minimum Gasteiger partial charge on any atom is -0.0888 e. The van der Waals surface area contributed by atoms with Crippen LogP contribution >= 0.6 is 27.5 Å². The predicted molar refractivity (Wildman–Crippen MR) is 69.8 cm³/mol. The van der Waals surface area contributed by atoms with E-state index in [4.69, 9.17) is 11.6 Å². The monoisotopic (exact) mass is 286 g/mol. The van der Waals surface area contributed by atoms with Crippen LogP contribution in [-0.4, -0.2) is 4.83 Å². The molecule has 0 nitrogen and oxygen atoms in total. The van der Waals surface area contributed by atoms with Gasteiger partial charge in [-0.3, -0.25) is 0 Å². The topological polar surface area (TPSA) is 0 Å². The fraction of sp³-hybridized carbons (Fsp3) is 0.538. The van der Waals surface area contributed by atoms with Crippen molar-refractivity contribution in [1.29, 1.82) is 0 Å². The van der Waals surface area contributed by atoms with E-state index >= 15 is 0 Å². The minimum atomic E-state index is 0.754. The van der Waals surface area contributed by atoms with Gasteiger partial charge in [-0.2, -0.15) is 0 Å². The van der Waals surface area contributed by atoms with Gasteiger partial charge in [0.05, 0.1) is 0 Å². The fourth-order valence-corrected chi connectivity index (χ4v) is 2.82. The third-order valence-corrected chi connectivity index (χ3v) is 4.45. The second-order valence-corrected chi connectivity index (χ2v) is 5.98. The van der Waals surface area contributed by atoms with Crippen molar-refractivity contribution in [1.82, 2.24) is 0 Å². The maximum Gasteiger partial charge on any atom is 0.0406 e. The van der Waals surface area contributed by atoms with E-state index < -0.39 is 0 Å².